The Hall–Kier alpha value is -1.55. The lowest BCUT2D eigenvalue weighted by Gasteiger charge is -2.19. The van der Waals surface area contributed by atoms with Crippen molar-refractivity contribution in [3.63, 3.8) is 0 Å². The van der Waals surface area contributed by atoms with Crippen LogP contribution in [-0.2, 0) is 9.59 Å². The van der Waals surface area contributed by atoms with E-state index in [1.54, 1.807) is 4.90 Å². The van der Waals surface area contributed by atoms with Crippen molar-refractivity contribution >= 4 is 29.1 Å². The highest BCUT2D eigenvalue weighted by Crippen LogP contribution is 2.32. The minimum absolute atomic E-state index is 0.0855. The molecule has 0 spiro atoms. The van der Waals surface area contributed by atoms with E-state index >= 15 is 0 Å². The predicted molar refractivity (Wildman–Crippen MR) is 84.5 cm³/mol. The molecule has 1 aromatic rings. The molecular weight excluding hydrogens is 288 g/mol. The summed E-state index contributed by atoms with van der Waals surface area (Å²) in [6.45, 7) is 6.41. The van der Waals surface area contributed by atoms with Crippen LogP contribution in [0.1, 0.15) is 32.3 Å². The van der Waals surface area contributed by atoms with E-state index in [2.05, 4.69) is 5.32 Å². The van der Waals surface area contributed by atoms with E-state index in [9.17, 15) is 9.59 Å². The number of anilines is 1. The van der Waals surface area contributed by atoms with Crippen LogP contribution in [0.15, 0.2) is 18.2 Å². The van der Waals surface area contributed by atoms with Gasteiger partial charge in [0.15, 0.2) is 0 Å². The monoisotopic (exact) mass is 308 g/mol. The molecule has 0 radical (unpaired) electrons. The first-order valence-electron chi connectivity index (χ1n) is 7.32. The molecule has 0 aromatic heterocycles. The van der Waals surface area contributed by atoms with Crippen LogP contribution >= 0.6 is 11.6 Å². The van der Waals surface area contributed by atoms with Gasteiger partial charge in [0.05, 0.1) is 10.7 Å². The number of hydrogen-bond donors (Lipinski definition) is 1. The predicted octanol–water partition coefficient (Wildman–Crippen LogP) is 2.92. The molecule has 1 aliphatic heterocycles. The molecule has 4 nitrogen and oxygen atoms in total. The standard InChI is InChI=1S/C16H21ClN2O2/c1-4-11(3)18-15(20)12-7-8-19(16(12)21)14-6-5-10(2)9-13(14)17/h5-6,9,11-12H,4,7-8H2,1-3H3,(H,18,20). The number of aryl methyl sites for hydroxylation is 1. The average Bonchev–Trinajstić information content (AvgIpc) is 2.80. The molecule has 1 aromatic carbocycles. The van der Waals surface area contributed by atoms with E-state index in [1.165, 1.54) is 0 Å². The molecule has 2 rings (SSSR count). The van der Waals surface area contributed by atoms with Gasteiger partial charge in [0.2, 0.25) is 11.8 Å². The average molecular weight is 309 g/mol. The highest BCUT2D eigenvalue weighted by atomic mass is 35.5. The van der Waals surface area contributed by atoms with Crippen LogP contribution in [0, 0.1) is 12.8 Å². The maximum Gasteiger partial charge on any atom is 0.239 e. The van der Waals surface area contributed by atoms with Gasteiger partial charge in [-0.1, -0.05) is 24.6 Å². The van der Waals surface area contributed by atoms with Crippen LogP contribution < -0.4 is 10.2 Å². The molecule has 1 heterocycles. The third-order valence-corrected chi connectivity index (χ3v) is 4.22. The zero-order valence-corrected chi connectivity index (χ0v) is 13.4. The van der Waals surface area contributed by atoms with Crippen molar-refractivity contribution < 1.29 is 9.59 Å². The zero-order chi connectivity index (χ0) is 15.6. The lowest BCUT2D eigenvalue weighted by Crippen LogP contribution is -2.40. The molecule has 2 amide bonds. The van der Waals surface area contributed by atoms with Gasteiger partial charge in [-0.05, 0) is 44.4 Å². The third-order valence-electron chi connectivity index (χ3n) is 3.92. The third kappa shape index (κ3) is 3.38. The van der Waals surface area contributed by atoms with Gasteiger partial charge in [-0.3, -0.25) is 9.59 Å². The molecule has 0 aliphatic carbocycles. The zero-order valence-electron chi connectivity index (χ0n) is 12.6. The van der Waals surface area contributed by atoms with E-state index in [1.807, 2.05) is 39.0 Å². The van der Waals surface area contributed by atoms with Crippen molar-refractivity contribution in [3.8, 4) is 0 Å². The number of hydrogen-bond acceptors (Lipinski definition) is 2. The number of carbonyl (C=O) groups excluding carboxylic acids is 2. The smallest absolute Gasteiger partial charge is 0.239 e. The van der Waals surface area contributed by atoms with Crippen molar-refractivity contribution in [2.75, 3.05) is 11.4 Å². The second kappa shape index (κ2) is 6.48. The summed E-state index contributed by atoms with van der Waals surface area (Å²) in [5.41, 5.74) is 1.73. The first kappa shape index (κ1) is 15.8. The van der Waals surface area contributed by atoms with Crippen LogP contribution in [-0.4, -0.2) is 24.4 Å². The first-order chi connectivity index (χ1) is 9.93. The Labute approximate surface area is 130 Å². The molecular formula is C16H21ClN2O2. The molecule has 21 heavy (non-hydrogen) atoms. The summed E-state index contributed by atoms with van der Waals surface area (Å²) in [7, 11) is 0. The highest BCUT2D eigenvalue weighted by molar-refractivity contribution is 6.34. The highest BCUT2D eigenvalue weighted by Gasteiger charge is 2.38. The Bertz CT molecular complexity index is 559. The van der Waals surface area contributed by atoms with Crippen LogP contribution in [0.4, 0.5) is 5.69 Å². The molecule has 0 saturated carbocycles. The van der Waals surface area contributed by atoms with Gasteiger partial charge in [0, 0.05) is 12.6 Å². The van der Waals surface area contributed by atoms with Gasteiger partial charge in [0.1, 0.15) is 5.92 Å². The van der Waals surface area contributed by atoms with Crippen molar-refractivity contribution in [3.05, 3.63) is 28.8 Å². The Morgan fingerprint density at radius 3 is 2.86 bits per heavy atom. The number of carbonyl (C=O) groups is 2. The van der Waals surface area contributed by atoms with Gasteiger partial charge in [-0.2, -0.15) is 0 Å². The first-order valence-corrected chi connectivity index (χ1v) is 7.69. The fourth-order valence-electron chi connectivity index (χ4n) is 2.44. The normalized spacial score (nSPS) is 19.7. The quantitative estimate of drug-likeness (QED) is 0.870. The van der Waals surface area contributed by atoms with Gasteiger partial charge in [0.25, 0.3) is 0 Å². The Morgan fingerprint density at radius 2 is 2.24 bits per heavy atom. The fraction of sp³-hybridized carbons (Fsp3) is 0.500. The van der Waals surface area contributed by atoms with Crippen LogP contribution in [0.2, 0.25) is 5.02 Å². The van der Waals surface area contributed by atoms with Crippen molar-refractivity contribution in [2.24, 2.45) is 5.92 Å². The molecule has 2 unspecified atom stereocenters. The maximum absolute atomic E-state index is 12.5. The Morgan fingerprint density at radius 1 is 1.52 bits per heavy atom. The minimum atomic E-state index is -0.601. The second-order valence-corrected chi connectivity index (χ2v) is 6.01. The van der Waals surface area contributed by atoms with Gasteiger partial charge in [-0.25, -0.2) is 0 Å². The summed E-state index contributed by atoms with van der Waals surface area (Å²) in [6.07, 6.45) is 1.38. The number of rotatable bonds is 4. The number of amides is 2. The van der Waals surface area contributed by atoms with E-state index in [-0.39, 0.29) is 17.9 Å². The molecule has 1 saturated heterocycles. The molecule has 1 aliphatic rings. The van der Waals surface area contributed by atoms with Crippen molar-refractivity contribution in [2.45, 2.75) is 39.7 Å². The van der Waals surface area contributed by atoms with Gasteiger partial charge in [-0.15, -0.1) is 0 Å². The topological polar surface area (TPSA) is 49.4 Å². The van der Waals surface area contributed by atoms with E-state index < -0.39 is 5.92 Å². The second-order valence-electron chi connectivity index (χ2n) is 5.60. The fourth-order valence-corrected chi connectivity index (χ4v) is 2.78. The molecule has 2 atom stereocenters. The summed E-state index contributed by atoms with van der Waals surface area (Å²) in [5.74, 6) is -0.946. The van der Waals surface area contributed by atoms with Crippen molar-refractivity contribution in [1.82, 2.24) is 5.32 Å². The van der Waals surface area contributed by atoms with Crippen LogP contribution in [0.5, 0.6) is 0 Å². The summed E-state index contributed by atoms with van der Waals surface area (Å²) in [4.78, 5) is 26.2. The largest absolute Gasteiger partial charge is 0.353 e. The Kier molecular flexibility index (Phi) is 4.88. The summed E-state index contributed by atoms with van der Waals surface area (Å²) in [6, 6.07) is 5.67. The lowest BCUT2D eigenvalue weighted by molar-refractivity contribution is -0.132. The molecule has 5 heteroatoms. The van der Waals surface area contributed by atoms with Crippen LogP contribution in [0.25, 0.3) is 0 Å². The number of benzene rings is 1. The molecule has 0 bridgehead atoms. The minimum Gasteiger partial charge on any atom is -0.353 e. The van der Waals surface area contributed by atoms with Gasteiger partial charge >= 0.3 is 0 Å². The van der Waals surface area contributed by atoms with E-state index in [0.717, 1.165) is 12.0 Å². The molecule has 1 N–H and O–H groups in total. The summed E-state index contributed by atoms with van der Waals surface area (Å²) in [5, 5.41) is 3.43. The lowest BCUT2D eigenvalue weighted by atomic mass is 10.1. The Balaban J connectivity index is 2.13. The number of halogens is 1. The summed E-state index contributed by atoms with van der Waals surface area (Å²) < 4.78 is 0. The van der Waals surface area contributed by atoms with E-state index in [4.69, 9.17) is 11.6 Å². The maximum atomic E-state index is 12.5. The SMILES string of the molecule is CCC(C)NC(=O)C1CCN(c2ccc(C)cc2Cl)C1=O. The number of nitrogens with zero attached hydrogens (tertiary/aromatic N) is 1. The van der Waals surface area contributed by atoms with Crippen molar-refractivity contribution in [1.29, 1.82) is 0 Å². The van der Waals surface area contributed by atoms with Crippen LogP contribution in [0.3, 0.4) is 0 Å². The number of nitrogens with one attached hydrogen (secondary N) is 1. The summed E-state index contributed by atoms with van der Waals surface area (Å²) >= 11 is 6.21. The molecule has 114 valence electrons. The van der Waals surface area contributed by atoms with E-state index in [0.29, 0.717) is 23.7 Å². The molecule has 1 fully saturated rings. The van der Waals surface area contributed by atoms with Gasteiger partial charge < -0.3 is 10.2 Å².